The van der Waals surface area contributed by atoms with E-state index in [1.54, 1.807) is 31.2 Å². The van der Waals surface area contributed by atoms with E-state index < -0.39 is 6.10 Å². The van der Waals surface area contributed by atoms with Crippen LogP contribution in [0.15, 0.2) is 24.3 Å². The van der Waals surface area contributed by atoms with E-state index in [-0.39, 0.29) is 12.6 Å². The first kappa shape index (κ1) is 15.8. The monoisotopic (exact) mass is 293 g/mol. The molecule has 1 unspecified atom stereocenters. The molecule has 5 nitrogen and oxygen atoms in total. The minimum Gasteiger partial charge on any atom is -0.491 e. The lowest BCUT2D eigenvalue weighted by Crippen LogP contribution is -2.33. The lowest BCUT2D eigenvalue weighted by Gasteiger charge is -2.19. The van der Waals surface area contributed by atoms with Gasteiger partial charge in [-0.25, -0.2) is 4.79 Å². The zero-order valence-corrected chi connectivity index (χ0v) is 12.5. The first-order valence-corrected chi connectivity index (χ1v) is 7.49. The first-order valence-electron chi connectivity index (χ1n) is 7.49. The van der Waals surface area contributed by atoms with Crippen LogP contribution in [-0.2, 0) is 4.74 Å². The van der Waals surface area contributed by atoms with E-state index in [1.165, 1.54) is 12.8 Å². The summed E-state index contributed by atoms with van der Waals surface area (Å²) in [7, 11) is 0. The number of β-amino-alcohol motifs (C(OH)–C–C–N with tert-alkyl or cyclic N) is 1. The molecule has 1 fully saturated rings. The molecule has 0 amide bonds. The Morgan fingerprint density at radius 1 is 1.29 bits per heavy atom. The van der Waals surface area contributed by atoms with Gasteiger partial charge in [-0.3, -0.25) is 0 Å². The summed E-state index contributed by atoms with van der Waals surface area (Å²) in [6.07, 6.45) is 1.93. The van der Waals surface area contributed by atoms with Gasteiger partial charge in [-0.2, -0.15) is 0 Å². The molecule has 1 N–H and O–H groups in total. The van der Waals surface area contributed by atoms with Crippen molar-refractivity contribution in [1.82, 2.24) is 4.90 Å². The van der Waals surface area contributed by atoms with E-state index in [4.69, 9.17) is 9.47 Å². The third kappa shape index (κ3) is 5.02. The van der Waals surface area contributed by atoms with Gasteiger partial charge in [-0.15, -0.1) is 0 Å². The number of benzene rings is 1. The van der Waals surface area contributed by atoms with Crippen molar-refractivity contribution in [3.05, 3.63) is 29.8 Å². The van der Waals surface area contributed by atoms with Crippen molar-refractivity contribution < 1.29 is 19.4 Å². The second-order valence-electron chi connectivity index (χ2n) is 5.22. The Labute approximate surface area is 125 Å². The first-order chi connectivity index (χ1) is 10.2. The van der Waals surface area contributed by atoms with Crippen LogP contribution in [0.5, 0.6) is 5.75 Å². The summed E-state index contributed by atoms with van der Waals surface area (Å²) in [6, 6.07) is 6.77. The molecule has 0 aromatic heterocycles. The molecule has 1 aromatic rings. The lowest BCUT2D eigenvalue weighted by atomic mass is 10.2. The molecule has 5 heteroatoms. The quantitative estimate of drug-likeness (QED) is 0.775. The predicted octanol–water partition coefficient (Wildman–Crippen LogP) is 1.70. The minimum absolute atomic E-state index is 0.259. The van der Waals surface area contributed by atoms with Crippen molar-refractivity contribution in [2.24, 2.45) is 0 Å². The molecule has 0 aliphatic carbocycles. The largest absolute Gasteiger partial charge is 0.491 e. The van der Waals surface area contributed by atoms with Gasteiger partial charge in [0, 0.05) is 6.54 Å². The molecular formula is C16H23NO4. The van der Waals surface area contributed by atoms with Crippen LogP contribution < -0.4 is 4.74 Å². The smallest absolute Gasteiger partial charge is 0.338 e. The van der Waals surface area contributed by atoms with Crippen LogP contribution in [0.3, 0.4) is 0 Å². The Morgan fingerprint density at radius 2 is 1.95 bits per heavy atom. The number of aliphatic hydroxyl groups excluding tert-OH is 1. The summed E-state index contributed by atoms with van der Waals surface area (Å²) in [5.41, 5.74) is 0.502. The molecule has 0 saturated carbocycles. The second-order valence-corrected chi connectivity index (χ2v) is 5.22. The van der Waals surface area contributed by atoms with E-state index >= 15 is 0 Å². The Morgan fingerprint density at radius 3 is 2.57 bits per heavy atom. The van der Waals surface area contributed by atoms with E-state index in [0.29, 0.717) is 24.5 Å². The lowest BCUT2D eigenvalue weighted by molar-refractivity contribution is 0.0526. The normalized spacial score (nSPS) is 16.7. The van der Waals surface area contributed by atoms with Crippen molar-refractivity contribution in [3.63, 3.8) is 0 Å². The Hall–Kier alpha value is -1.59. The highest BCUT2D eigenvalue weighted by Crippen LogP contribution is 2.14. The van der Waals surface area contributed by atoms with Crippen LogP contribution in [0.2, 0.25) is 0 Å². The van der Waals surface area contributed by atoms with Gasteiger partial charge in [-0.1, -0.05) is 0 Å². The standard InChI is InChI=1S/C16H23NO4/c1-2-20-16(19)13-5-7-15(8-6-13)21-12-14(18)11-17-9-3-4-10-17/h5-8,14,18H,2-4,9-12H2,1H3. The maximum Gasteiger partial charge on any atom is 0.338 e. The average Bonchev–Trinajstić information content (AvgIpc) is 2.99. The Kier molecular flexibility index (Phi) is 6.02. The number of hydrogen-bond donors (Lipinski definition) is 1. The number of carbonyl (C=O) groups is 1. The van der Waals surface area contributed by atoms with Gasteiger partial charge in [0.15, 0.2) is 0 Å². The van der Waals surface area contributed by atoms with Crippen molar-refractivity contribution in [1.29, 1.82) is 0 Å². The van der Waals surface area contributed by atoms with Crippen molar-refractivity contribution in [3.8, 4) is 5.75 Å². The topological polar surface area (TPSA) is 59.0 Å². The molecule has 1 saturated heterocycles. The number of ether oxygens (including phenoxy) is 2. The second kappa shape index (κ2) is 8.00. The van der Waals surface area contributed by atoms with Crippen LogP contribution in [0, 0.1) is 0 Å². The number of likely N-dealkylation sites (tertiary alicyclic amines) is 1. The fourth-order valence-electron chi connectivity index (χ4n) is 2.41. The molecule has 21 heavy (non-hydrogen) atoms. The van der Waals surface area contributed by atoms with Crippen molar-refractivity contribution >= 4 is 5.97 Å². The minimum atomic E-state index is -0.493. The van der Waals surface area contributed by atoms with Crippen LogP contribution >= 0.6 is 0 Å². The summed E-state index contributed by atoms with van der Waals surface area (Å²) in [6.45, 7) is 5.17. The van der Waals surface area contributed by atoms with Crippen molar-refractivity contribution in [2.45, 2.75) is 25.9 Å². The van der Waals surface area contributed by atoms with Crippen molar-refractivity contribution in [2.75, 3.05) is 32.8 Å². The molecule has 1 aliphatic rings. The number of rotatable bonds is 7. The van der Waals surface area contributed by atoms with E-state index in [9.17, 15) is 9.90 Å². The van der Waals surface area contributed by atoms with Crippen LogP contribution in [0.1, 0.15) is 30.1 Å². The zero-order chi connectivity index (χ0) is 15.1. The van der Waals surface area contributed by atoms with E-state index in [1.807, 2.05) is 0 Å². The van der Waals surface area contributed by atoms with Gasteiger partial charge >= 0.3 is 5.97 Å². The Balaban J connectivity index is 1.76. The maximum atomic E-state index is 11.5. The number of esters is 1. The molecule has 1 aromatic carbocycles. The van der Waals surface area contributed by atoms with E-state index in [2.05, 4.69) is 4.90 Å². The summed E-state index contributed by atoms with van der Waals surface area (Å²) >= 11 is 0. The predicted molar refractivity (Wildman–Crippen MR) is 79.6 cm³/mol. The van der Waals surface area contributed by atoms with Gasteiger partial charge in [0.25, 0.3) is 0 Å². The summed E-state index contributed by atoms with van der Waals surface area (Å²) in [5.74, 6) is 0.307. The summed E-state index contributed by atoms with van der Waals surface area (Å²) in [4.78, 5) is 13.8. The SMILES string of the molecule is CCOC(=O)c1ccc(OCC(O)CN2CCCC2)cc1. The molecule has 116 valence electrons. The highest BCUT2D eigenvalue weighted by Gasteiger charge is 2.16. The number of hydrogen-bond acceptors (Lipinski definition) is 5. The fourth-order valence-corrected chi connectivity index (χ4v) is 2.41. The molecule has 0 bridgehead atoms. The van der Waals surface area contributed by atoms with Crippen LogP contribution in [0.4, 0.5) is 0 Å². The molecule has 2 rings (SSSR count). The van der Waals surface area contributed by atoms with Gasteiger partial charge < -0.3 is 19.5 Å². The number of nitrogens with zero attached hydrogens (tertiary/aromatic N) is 1. The highest BCUT2D eigenvalue weighted by molar-refractivity contribution is 5.89. The molecule has 1 atom stereocenters. The number of carbonyl (C=O) groups excluding carboxylic acids is 1. The maximum absolute atomic E-state index is 11.5. The highest BCUT2D eigenvalue weighted by atomic mass is 16.5. The summed E-state index contributed by atoms with van der Waals surface area (Å²) in [5, 5.41) is 9.94. The Bertz CT molecular complexity index is 440. The zero-order valence-electron chi connectivity index (χ0n) is 12.5. The molecular weight excluding hydrogens is 270 g/mol. The molecule has 1 heterocycles. The van der Waals surface area contributed by atoms with Crippen LogP contribution in [-0.4, -0.2) is 54.9 Å². The molecule has 0 spiro atoms. The van der Waals surface area contributed by atoms with Crippen LogP contribution in [0.25, 0.3) is 0 Å². The third-order valence-corrected chi connectivity index (χ3v) is 3.48. The third-order valence-electron chi connectivity index (χ3n) is 3.48. The number of aliphatic hydroxyl groups is 1. The fraction of sp³-hybridized carbons (Fsp3) is 0.562. The average molecular weight is 293 g/mol. The van der Waals surface area contributed by atoms with E-state index in [0.717, 1.165) is 13.1 Å². The molecule has 1 aliphatic heterocycles. The summed E-state index contributed by atoms with van der Waals surface area (Å²) < 4.78 is 10.5. The van der Waals surface area contributed by atoms with Gasteiger partial charge in [-0.05, 0) is 57.1 Å². The van der Waals surface area contributed by atoms with Gasteiger partial charge in [0.1, 0.15) is 18.5 Å². The van der Waals surface area contributed by atoms with Gasteiger partial charge in [0.2, 0.25) is 0 Å². The molecule has 0 radical (unpaired) electrons. The van der Waals surface area contributed by atoms with Gasteiger partial charge in [0.05, 0.1) is 12.2 Å².